The molecule has 2 heterocycles. The lowest BCUT2D eigenvalue weighted by Gasteiger charge is -2.25. The van der Waals surface area contributed by atoms with E-state index in [1.807, 2.05) is 35.2 Å². The maximum Gasteiger partial charge on any atom is 0.350 e. The third-order valence-corrected chi connectivity index (χ3v) is 6.73. The summed E-state index contributed by atoms with van der Waals surface area (Å²) in [5.41, 5.74) is 5.56. The Hall–Kier alpha value is -3.53. The zero-order chi connectivity index (χ0) is 24.0. The first-order chi connectivity index (χ1) is 16.4. The van der Waals surface area contributed by atoms with Gasteiger partial charge in [0, 0.05) is 25.2 Å². The van der Waals surface area contributed by atoms with Crippen LogP contribution in [0.1, 0.15) is 25.3 Å². The van der Waals surface area contributed by atoms with Gasteiger partial charge in [0.15, 0.2) is 11.6 Å². The number of methoxy groups -OCH3 is 1. The standard InChI is InChI=1S/C24H28FN5O4/c1-33-22-20-17(23(31)30(27)24(32)29(20)15-7-8-15)11-18(25)21(22)28-10-9-14(12-28)19(26)13-34-16-5-3-2-4-6-16/h2-6,11,14-15,19H,7-10,12-13,26-27H2,1H3/t14?,19-/m0/s1. The Bertz CT molecular complexity index is 1340. The first-order valence-corrected chi connectivity index (χ1v) is 11.4. The Morgan fingerprint density at radius 1 is 1.18 bits per heavy atom. The lowest BCUT2D eigenvalue weighted by atomic mass is 10.0. The minimum Gasteiger partial charge on any atom is -0.492 e. The molecule has 3 aromatic rings. The SMILES string of the molecule is COc1c(N2CCC([C@@H](N)COc3ccccc3)C2)c(F)cc2c(=O)n(N)c(=O)n(C3CC3)c12. The highest BCUT2D eigenvalue weighted by atomic mass is 19.1. The fraction of sp³-hybridized carbons (Fsp3) is 0.417. The Balaban J connectivity index is 1.48. The number of halogens is 1. The number of hydrogen-bond acceptors (Lipinski definition) is 7. The minimum absolute atomic E-state index is 0.0239. The number of aromatic nitrogens is 2. The molecule has 1 aliphatic carbocycles. The predicted octanol–water partition coefficient (Wildman–Crippen LogP) is 1.59. The van der Waals surface area contributed by atoms with Crippen LogP contribution in [-0.4, -0.2) is 42.1 Å². The fourth-order valence-corrected chi connectivity index (χ4v) is 4.78. The third-order valence-electron chi connectivity index (χ3n) is 6.73. The summed E-state index contributed by atoms with van der Waals surface area (Å²) in [6.45, 7) is 1.40. The van der Waals surface area contributed by atoms with E-state index < -0.39 is 17.1 Å². The van der Waals surface area contributed by atoms with E-state index in [0.29, 0.717) is 29.9 Å². The van der Waals surface area contributed by atoms with Crippen LogP contribution in [0.4, 0.5) is 10.1 Å². The molecule has 2 aliphatic rings. The van der Waals surface area contributed by atoms with E-state index in [-0.39, 0.29) is 34.8 Å². The highest BCUT2D eigenvalue weighted by Gasteiger charge is 2.35. The Morgan fingerprint density at radius 3 is 2.59 bits per heavy atom. The minimum atomic E-state index is -0.750. The van der Waals surface area contributed by atoms with Crippen LogP contribution in [0.15, 0.2) is 46.0 Å². The highest BCUT2D eigenvalue weighted by Crippen LogP contribution is 2.43. The lowest BCUT2D eigenvalue weighted by Crippen LogP contribution is -2.44. The van der Waals surface area contributed by atoms with Gasteiger partial charge < -0.3 is 25.9 Å². The molecule has 1 unspecified atom stereocenters. The molecule has 0 amide bonds. The number of anilines is 1. The second-order valence-corrected chi connectivity index (χ2v) is 8.98. The van der Waals surface area contributed by atoms with Gasteiger partial charge in [0.2, 0.25) is 0 Å². The number of nitrogens with two attached hydrogens (primary N) is 2. The normalized spacial score (nSPS) is 18.9. The summed E-state index contributed by atoms with van der Waals surface area (Å²) in [5.74, 6) is 6.11. The molecule has 1 saturated carbocycles. The number of fused-ring (bicyclic) bond motifs is 1. The van der Waals surface area contributed by atoms with Crippen LogP contribution in [-0.2, 0) is 0 Å². The molecule has 5 rings (SSSR count). The molecule has 9 nitrogen and oxygen atoms in total. The predicted molar refractivity (Wildman–Crippen MR) is 128 cm³/mol. The monoisotopic (exact) mass is 469 g/mol. The van der Waals surface area contributed by atoms with E-state index in [9.17, 15) is 9.59 Å². The second-order valence-electron chi connectivity index (χ2n) is 8.98. The van der Waals surface area contributed by atoms with Crippen LogP contribution in [0, 0.1) is 11.7 Å². The number of nitrogens with zero attached hydrogens (tertiary/aromatic N) is 3. The smallest absolute Gasteiger partial charge is 0.350 e. The van der Waals surface area contributed by atoms with Crippen LogP contribution in [0.2, 0.25) is 0 Å². The molecule has 10 heteroatoms. The maximum absolute atomic E-state index is 15.4. The van der Waals surface area contributed by atoms with Crippen molar-refractivity contribution in [3.63, 3.8) is 0 Å². The van der Waals surface area contributed by atoms with Gasteiger partial charge in [0.1, 0.15) is 23.6 Å². The van der Waals surface area contributed by atoms with Crippen molar-refractivity contribution in [1.82, 2.24) is 9.24 Å². The van der Waals surface area contributed by atoms with Gasteiger partial charge in [0.05, 0.1) is 12.5 Å². The van der Waals surface area contributed by atoms with Gasteiger partial charge >= 0.3 is 5.69 Å². The van der Waals surface area contributed by atoms with E-state index in [1.165, 1.54) is 11.7 Å². The van der Waals surface area contributed by atoms with Crippen molar-refractivity contribution < 1.29 is 13.9 Å². The average molecular weight is 470 g/mol. The summed E-state index contributed by atoms with van der Waals surface area (Å²) in [7, 11) is 1.42. The molecule has 2 atom stereocenters. The van der Waals surface area contributed by atoms with Gasteiger partial charge in [-0.3, -0.25) is 9.36 Å². The number of para-hydroxylation sites is 1. The number of hydrogen-bond donors (Lipinski definition) is 2. The Labute approximate surface area is 195 Å². The van der Waals surface area contributed by atoms with Gasteiger partial charge in [-0.1, -0.05) is 18.2 Å². The first kappa shape index (κ1) is 22.3. The van der Waals surface area contributed by atoms with Crippen LogP contribution < -0.4 is 37.2 Å². The zero-order valence-electron chi connectivity index (χ0n) is 18.9. The number of ether oxygens (including phenoxy) is 2. The zero-order valence-corrected chi connectivity index (χ0v) is 18.9. The van der Waals surface area contributed by atoms with Gasteiger partial charge in [-0.05, 0) is 43.4 Å². The van der Waals surface area contributed by atoms with Crippen molar-refractivity contribution in [2.75, 3.05) is 37.5 Å². The molecule has 4 N–H and O–H groups in total. The Morgan fingerprint density at radius 2 is 1.91 bits per heavy atom. The van der Waals surface area contributed by atoms with E-state index in [2.05, 4.69) is 0 Å². The van der Waals surface area contributed by atoms with Crippen molar-refractivity contribution in [1.29, 1.82) is 0 Å². The molecule has 2 aromatic carbocycles. The van der Waals surface area contributed by atoms with Gasteiger partial charge in [0.25, 0.3) is 5.56 Å². The summed E-state index contributed by atoms with van der Waals surface area (Å²) in [6.07, 6.45) is 2.32. The fourth-order valence-electron chi connectivity index (χ4n) is 4.78. The van der Waals surface area contributed by atoms with Crippen molar-refractivity contribution in [2.45, 2.75) is 31.3 Å². The molecule has 0 radical (unpaired) electrons. The first-order valence-electron chi connectivity index (χ1n) is 11.4. The van der Waals surface area contributed by atoms with Crippen LogP contribution in [0.25, 0.3) is 10.9 Å². The summed E-state index contributed by atoms with van der Waals surface area (Å²) in [5, 5.41) is 0.0239. The lowest BCUT2D eigenvalue weighted by molar-refractivity contribution is 0.253. The third kappa shape index (κ3) is 3.77. The van der Waals surface area contributed by atoms with E-state index in [0.717, 1.165) is 31.1 Å². The molecular weight excluding hydrogens is 441 g/mol. The van der Waals surface area contributed by atoms with Crippen LogP contribution >= 0.6 is 0 Å². The van der Waals surface area contributed by atoms with Gasteiger partial charge in [-0.2, -0.15) is 4.68 Å². The number of rotatable bonds is 7. The van der Waals surface area contributed by atoms with E-state index in [4.69, 9.17) is 21.1 Å². The molecular formula is C24H28FN5O4. The summed E-state index contributed by atoms with van der Waals surface area (Å²) < 4.78 is 28.9. The maximum atomic E-state index is 15.4. The molecule has 34 heavy (non-hydrogen) atoms. The molecule has 0 spiro atoms. The Kier molecular flexibility index (Phi) is 5.68. The van der Waals surface area contributed by atoms with Crippen LogP contribution in [0.5, 0.6) is 11.5 Å². The second kappa shape index (κ2) is 8.68. The van der Waals surface area contributed by atoms with E-state index in [1.54, 1.807) is 0 Å². The average Bonchev–Trinajstić information content (AvgIpc) is 3.57. The van der Waals surface area contributed by atoms with Crippen molar-refractivity contribution >= 4 is 16.6 Å². The summed E-state index contributed by atoms with van der Waals surface area (Å²) >= 11 is 0. The topological polar surface area (TPSA) is 118 Å². The van der Waals surface area contributed by atoms with Crippen molar-refractivity contribution in [3.8, 4) is 11.5 Å². The van der Waals surface area contributed by atoms with Gasteiger partial charge in [-0.15, -0.1) is 0 Å². The molecule has 180 valence electrons. The summed E-state index contributed by atoms with van der Waals surface area (Å²) in [4.78, 5) is 27.4. The quantitative estimate of drug-likeness (QED) is 0.505. The molecule has 0 bridgehead atoms. The number of benzene rings is 2. The largest absolute Gasteiger partial charge is 0.492 e. The van der Waals surface area contributed by atoms with Crippen molar-refractivity contribution in [2.24, 2.45) is 11.7 Å². The van der Waals surface area contributed by atoms with E-state index >= 15 is 4.39 Å². The van der Waals surface area contributed by atoms with Crippen molar-refractivity contribution in [3.05, 3.63) is 63.1 Å². The summed E-state index contributed by atoms with van der Waals surface area (Å²) in [6, 6.07) is 10.3. The molecule has 1 saturated heterocycles. The molecule has 1 aliphatic heterocycles. The molecule has 2 fully saturated rings. The number of nitrogen functional groups attached to an aromatic ring is 1. The highest BCUT2D eigenvalue weighted by molar-refractivity contribution is 5.91. The molecule has 1 aromatic heterocycles. The van der Waals surface area contributed by atoms with Gasteiger partial charge in [-0.25, -0.2) is 9.18 Å². The van der Waals surface area contributed by atoms with Crippen LogP contribution in [0.3, 0.4) is 0 Å².